The summed E-state index contributed by atoms with van der Waals surface area (Å²) in [6.45, 7) is 0. The second-order valence-electron chi connectivity index (χ2n) is 2.19. The minimum absolute atomic E-state index is 0.617. The van der Waals surface area contributed by atoms with Gasteiger partial charge in [-0.3, -0.25) is 4.79 Å². The number of benzene rings is 1. The molecule has 1 aromatic carbocycles. The van der Waals surface area contributed by atoms with Crippen molar-refractivity contribution in [3.63, 3.8) is 0 Å². The number of aromatic nitrogens is 3. The van der Waals surface area contributed by atoms with Crippen molar-refractivity contribution in [2.45, 2.75) is 0 Å². The Kier molecular flexibility index (Phi) is 3.10. The predicted octanol–water partition coefficient (Wildman–Crippen LogP) is 0.345. The Hall–Kier alpha value is -1.75. The highest BCUT2D eigenvalue weighted by Gasteiger charge is 1.97. The van der Waals surface area contributed by atoms with Crippen LogP contribution in [0.15, 0.2) is 18.2 Å². The third-order valence-electron chi connectivity index (χ3n) is 1.48. The first-order chi connectivity index (χ1) is 6.40. The maximum Gasteiger partial charge on any atom is 0.150 e. The van der Waals surface area contributed by atoms with Gasteiger partial charge < -0.3 is 5.73 Å². The Labute approximate surface area is 74.9 Å². The molecule has 2 aromatic rings. The molecule has 0 amide bonds. The summed E-state index contributed by atoms with van der Waals surface area (Å²) in [5, 5.41) is 10.1. The summed E-state index contributed by atoms with van der Waals surface area (Å²) in [5.74, 6) is 0. The van der Waals surface area contributed by atoms with Crippen molar-refractivity contribution < 1.29 is 4.79 Å². The van der Waals surface area contributed by atoms with Gasteiger partial charge in [0.2, 0.25) is 0 Å². The number of nitrogens with two attached hydrogens (primary N) is 1. The molecule has 0 aliphatic carbocycles. The molecule has 0 fully saturated rings. The van der Waals surface area contributed by atoms with Gasteiger partial charge in [0, 0.05) is 5.56 Å². The largest absolute Gasteiger partial charge is 0.333 e. The number of hydrogen-bond donors (Lipinski definition) is 2. The number of aromatic amines is 1. The van der Waals surface area contributed by atoms with E-state index in [4.69, 9.17) is 0 Å². The molecule has 5 nitrogen and oxygen atoms in total. The van der Waals surface area contributed by atoms with Gasteiger partial charge in [-0.25, -0.2) is 0 Å². The van der Waals surface area contributed by atoms with Crippen molar-refractivity contribution in [3.05, 3.63) is 23.8 Å². The third kappa shape index (κ3) is 1.88. The number of nitrogens with zero attached hydrogens (tertiary/aromatic N) is 2. The zero-order valence-corrected chi connectivity index (χ0v) is 7.19. The monoisotopic (exact) mass is 178 g/mol. The molecule has 3 N–H and O–H groups in total. The number of hydrogen-bond acceptors (Lipinski definition) is 4. The van der Waals surface area contributed by atoms with Crippen molar-refractivity contribution >= 4 is 17.3 Å². The average molecular weight is 178 g/mol. The number of nitrogens with one attached hydrogen (secondary N) is 1. The van der Waals surface area contributed by atoms with Crippen molar-refractivity contribution in [1.82, 2.24) is 15.4 Å². The van der Waals surface area contributed by atoms with Gasteiger partial charge in [0.1, 0.15) is 17.3 Å². The number of carbonyl (C=O) groups is 1. The molecule has 0 atom stereocenters. The van der Waals surface area contributed by atoms with Crippen molar-refractivity contribution in [2.24, 2.45) is 5.73 Å². The highest BCUT2D eigenvalue weighted by molar-refractivity contribution is 5.83. The van der Waals surface area contributed by atoms with Crippen LogP contribution in [0.3, 0.4) is 0 Å². The molecule has 5 heteroatoms. The number of rotatable bonds is 1. The van der Waals surface area contributed by atoms with Crippen LogP contribution in [-0.2, 0) is 0 Å². The van der Waals surface area contributed by atoms with E-state index in [2.05, 4.69) is 21.1 Å². The average Bonchev–Trinajstić information content (AvgIpc) is 2.67. The van der Waals surface area contributed by atoms with Crippen molar-refractivity contribution in [1.29, 1.82) is 0 Å². The lowest BCUT2D eigenvalue weighted by Gasteiger charge is -1.86. The maximum atomic E-state index is 10.3. The lowest BCUT2D eigenvalue weighted by Crippen LogP contribution is -1.77. The summed E-state index contributed by atoms with van der Waals surface area (Å²) in [5.41, 5.74) is 6.61. The first-order valence-corrected chi connectivity index (χ1v) is 3.73. The summed E-state index contributed by atoms with van der Waals surface area (Å²) in [7, 11) is 1.50. The molecule has 0 saturated heterocycles. The summed E-state index contributed by atoms with van der Waals surface area (Å²) in [4.78, 5) is 10.3. The SMILES string of the molecule is CN.O=Cc1ccc2n[nH]nc2c1. The first kappa shape index (κ1) is 9.34. The number of aldehydes is 1. The molecule has 0 bridgehead atoms. The molecule has 0 aliphatic heterocycles. The molecule has 2 rings (SSSR count). The fraction of sp³-hybridized carbons (Fsp3) is 0.125. The molecule has 0 unspecified atom stereocenters. The minimum atomic E-state index is 0.617. The van der Waals surface area contributed by atoms with E-state index in [9.17, 15) is 4.79 Å². The van der Waals surface area contributed by atoms with E-state index in [1.165, 1.54) is 7.05 Å². The predicted molar refractivity (Wildman–Crippen MR) is 49.4 cm³/mol. The Morgan fingerprint density at radius 1 is 1.31 bits per heavy atom. The number of H-pyrrole nitrogens is 1. The maximum absolute atomic E-state index is 10.3. The second kappa shape index (κ2) is 4.32. The van der Waals surface area contributed by atoms with Gasteiger partial charge in [0.15, 0.2) is 0 Å². The molecule has 0 radical (unpaired) electrons. The van der Waals surface area contributed by atoms with Gasteiger partial charge in [0.05, 0.1) is 0 Å². The van der Waals surface area contributed by atoms with Gasteiger partial charge in [-0.05, 0) is 25.2 Å². The van der Waals surface area contributed by atoms with Crippen molar-refractivity contribution in [3.8, 4) is 0 Å². The molecule has 0 saturated carbocycles. The number of carbonyl (C=O) groups excluding carboxylic acids is 1. The van der Waals surface area contributed by atoms with Crippen LogP contribution in [0.2, 0.25) is 0 Å². The van der Waals surface area contributed by atoms with Crippen LogP contribution in [0.5, 0.6) is 0 Å². The van der Waals surface area contributed by atoms with E-state index >= 15 is 0 Å². The molecule has 1 aromatic heterocycles. The van der Waals surface area contributed by atoms with Crippen LogP contribution in [-0.4, -0.2) is 28.7 Å². The Morgan fingerprint density at radius 2 is 2.00 bits per heavy atom. The lowest BCUT2D eigenvalue weighted by atomic mass is 10.2. The molecule has 1 heterocycles. The van der Waals surface area contributed by atoms with Gasteiger partial charge in [-0.1, -0.05) is 0 Å². The van der Waals surface area contributed by atoms with E-state index in [0.29, 0.717) is 5.56 Å². The Balaban J connectivity index is 0.000000396. The van der Waals surface area contributed by atoms with Crippen LogP contribution >= 0.6 is 0 Å². The Morgan fingerprint density at radius 3 is 2.69 bits per heavy atom. The minimum Gasteiger partial charge on any atom is -0.333 e. The fourth-order valence-corrected chi connectivity index (χ4v) is 0.931. The van der Waals surface area contributed by atoms with E-state index in [0.717, 1.165) is 17.3 Å². The van der Waals surface area contributed by atoms with Gasteiger partial charge >= 0.3 is 0 Å². The van der Waals surface area contributed by atoms with Crippen molar-refractivity contribution in [2.75, 3.05) is 7.05 Å². The van der Waals surface area contributed by atoms with Crippen LogP contribution < -0.4 is 5.73 Å². The van der Waals surface area contributed by atoms with Crippen LogP contribution in [0.1, 0.15) is 10.4 Å². The second-order valence-corrected chi connectivity index (χ2v) is 2.19. The first-order valence-electron chi connectivity index (χ1n) is 3.73. The molecular weight excluding hydrogens is 168 g/mol. The fourth-order valence-electron chi connectivity index (χ4n) is 0.931. The summed E-state index contributed by atoms with van der Waals surface area (Å²) in [6, 6.07) is 5.15. The highest BCUT2D eigenvalue weighted by atomic mass is 16.1. The normalized spacial score (nSPS) is 9.08. The van der Waals surface area contributed by atoms with Gasteiger partial charge in [-0.15, -0.1) is 0 Å². The summed E-state index contributed by atoms with van der Waals surface area (Å²) < 4.78 is 0. The number of fused-ring (bicyclic) bond motifs is 1. The van der Waals surface area contributed by atoms with Crippen LogP contribution in [0.25, 0.3) is 11.0 Å². The molecule has 0 spiro atoms. The van der Waals surface area contributed by atoms with Crippen LogP contribution in [0.4, 0.5) is 0 Å². The lowest BCUT2D eigenvalue weighted by molar-refractivity contribution is 0.112. The zero-order chi connectivity index (χ0) is 9.68. The van der Waals surface area contributed by atoms with E-state index in [1.807, 2.05) is 0 Å². The van der Waals surface area contributed by atoms with Gasteiger partial charge in [0.25, 0.3) is 0 Å². The highest BCUT2D eigenvalue weighted by Crippen LogP contribution is 2.08. The quantitative estimate of drug-likeness (QED) is 0.617. The smallest absolute Gasteiger partial charge is 0.150 e. The third-order valence-corrected chi connectivity index (χ3v) is 1.48. The summed E-state index contributed by atoms with van der Waals surface area (Å²) >= 11 is 0. The van der Waals surface area contributed by atoms with E-state index in [-0.39, 0.29) is 0 Å². The van der Waals surface area contributed by atoms with Gasteiger partial charge in [-0.2, -0.15) is 15.4 Å². The molecule has 68 valence electrons. The zero-order valence-electron chi connectivity index (χ0n) is 7.19. The molecule has 13 heavy (non-hydrogen) atoms. The Bertz CT molecular complexity index is 396. The molecular formula is C8H10N4O. The topological polar surface area (TPSA) is 84.7 Å². The summed E-state index contributed by atoms with van der Waals surface area (Å²) in [6.07, 6.45) is 0.786. The van der Waals surface area contributed by atoms with E-state index < -0.39 is 0 Å². The molecule has 0 aliphatic rings. The standard InChI is InChI=1S/C7H5N3O.CH5N/c11-4-5-1-2-6-7(3-5)9-10-8-6;1-2/h1-4H,(H,8,9,10);2H2,1H3. The van der Waals surface area contributed by atoms with Crippen LogP contribution in [0, 0.1) is 0 Å². The van der Waals surface area contributed by atoms with E-state index in [1.54, 1.807) is 18.2 Å².